The lowest BCUT2D eigenvalue weighted by Crippen LogP contribution is -2.13. The van der Waals surface area contributed by atoms with Crippen molar-refractivity contribution in [1.82, 2.24) is 4.98 Å². The molecule has 21 heavy (non-hydrogen) atoms. The maximum absolute atomic E-state index is 13.4. The van der Waals surface area contributed by atoms with Crippen molar-refractivity contribution in [2.75, 3.05) is 5.32 Å². The van der Waals surface area contributed by atoms with Crippen molar-refractivity contribution in [3.8, 4) is 0 Å². The number of amides is 1. The lowest BCUT2D eigenvalue weighted by Gasteiger charge is -2.07. The van der Waals surface area contributed by atoms with E-state index >= 15 is 0 Å². The van der Waals surface area contributed by atoms with Gasteiger partial charge in [-0.05, 0) is 24.3 Å². The Morgan fingerprint density at radius 1 is 1.19 bits per heavy atom. The number of hydrogen-bond acceptors (Lipinski definition) is 3. The number of anilines is 1. The average molecular weight is 329 g/mol. The van der Waals surface area contributed by atoms with Gasteiger partial charge in [0.25, 0.3) is 5.91 Å². The largest absolute Gasteiger partial charge is 0.477 e. The summed E-state index contributed by atoms with van der Waals surface area (Å²) in [5.74, 6) is -2.62. The Labute approximate surface area is 128 Å². The number of nitrogens with zero attached hydrogens (tertiary/aromatic N) is 1. The van der Waals surface area contributed by atoms with Gasteiger partial charge < -0.3 is 10.4 Å². The molecule has 2 aromatic rings. The van der Waals surface area contributed by atoms with Crippen LogP contribution >= 0.6 is 23.2 Å². The first-order valence-corrected chi connectivity index (χ1v) is 6.29. The summed E-state index contributed by atoms with van der Waals surface area (Å²) in [5.41, 5.74) is -0.0131. The highest BCUT2D eigenvalue weighted by atomic mass is 35.5. The number of nitrogens with one attached hydrogen (secondary N) is 1. The minimum Gasteiger partial charge on any atom is -0.477 e. The molecule has 1 aromatic carbocycles. The smallest absolute Gasteiger partial charge is 0.354 e. The van der Waals surface area contributed by atoms with Crippen molar-refractivity contribution >= 4 is 40.8 Å². The summed E-state index contributed by atoms with van der Waals surface area (Å²) >= 11 is 11.4. The van der Waals surface area contributed by atoms with Gasteiger partial charge in [-0.2, -0.15) is 0 Å². The lowest BCUT2D eigenvalue weighted by atomic mass is 10.2. The third-order valence-corrected chi connectivity index (χ3v) is 3.10. The van der Waals surface area contributed by atoms with E-state index in [1.54, 1.807) is 0 Å². The summed E-state index contributed by atoms with van der Waals surface area (Å²) in [5, 5.41) is 10.9. The number of rotatable bonds is 3. The molecule has 1 amide bonds. The molecule has 1 heterocycles. The van der Waals surface area contributed by atoms with E-state index in [4.69, 9.17) is 28.3 Å². The van der Waals surface area contributed by atoms with E-state index < -0.39 is 17.7 Å². The third kappa shape index (κ3) is 3.48. The molecule has 0 saturated heterocycles. The molecule has 1 aromatic heterocycles. The zero-order valence-corrected chi connectivity index (χ0v) is 11.7. The van der Waals surface area contributed by atoms with E-state index in [9.17, 15) is 14.0 Å². The Morgan fingerprint density at radius 2 is 1.90 bits per heavy atom. The van der Waals surface area contributed by atoms with E-state index in [0.717, 1.165) is 12.1 Å². The molecule has 0 spiro atoms. The van der Waals surface area contributed by atoms with Gasteiger partial charge in [0.1, 0.15) is 11.5 Å². The second-order valence-electron chi connectivity index (χ2n) is 3.94. The van der Waals surface area contributed by atoms with E-state index in [-0.39, 0.29) is 27.0 Å². The molecular weight excluding hydrogens is 322 g/mol. The summed E-state index contributed by atoms with van der Waals surface area (Å²) in [6, 6.07) is 4.62. The van der Waals surface area contributed by atoms with Gasteiger partial charge in [0.15, 0.2) is 0 Å². The normalized spacial score (nSPS) is 10.2. The van der Waals surface area contributed by atoms with Gasteiger partial charge in [-0.3, -0.25) is 4.79 Å². The number of pyridine rings is 1. The molecule has 0 aliphatic carbocycles. The number of carbonyl (C=O) groups excluding carboxylic acids is 1. The van der Waals surface area contributed by atoms with Crippen LogP contribution in [0.1, 0.15) is 20.8 Å². The van der Waals surface area contributed by atoms with Crippen LogP contribution in [0.4, 0.5) is 10.1 Å². The second kappa shape index (κ2) is 6.07. The predicted molar refractivity (Wildman–Crippen MR) is 75.6 cm³/mol. The van der Waals surface area contributed by atoms with Crippen LogP contribution in [0.15, 0.2) is 30.5 Å². The van der Waals surface area contributed by atoms with E-state index in [1.165, 1.54) is 18.3 Å². The van der Waals surface area contributed by atoms with Crippen molar-refractivity contribution in [1.29, 1.82) is 0 Å². The number of aromatic carboxylic acids is 1. The summed E-state index contributed by atoms with van der Waals surface area (Å²) in [4.78, 5) is 26.3. The van der Waals surface area contributed by atoms with E-state index in [2.05, 4.69) is 10.3 Å². The van der Waals surface area contributed by atoms with Crippen LogP contribution in [0.2, 0.25) is 10.0 Å². The third-order valence-electron chi connectivity index (χ3n) is 2.50. The number of carboxylic acid groups (broad SMARTS) is 1. The van der Waals surface area contributed by atoms with Crippen LogP contribution in [0, 0.1) is 5.82 Å². The van der Waals surface area contributed by atoms with Crippen molar-refractivity contribution in [3.05, 3.63) is 57.6 Å². The van der Waals surface area contributed by atoms with E-state index in [1.807, 2.05) is 0 Å². The first-order valence-electron chi connectivity index (χ1n) is 5.53. The van der Waals surface area contributed by atoms with Crippen LogP contribution in [0.25, 0.3) is 0 Å². The molecule has 0 aliphatic rings. The molecule has 0 saturated carbocycles. The Balaban J connectivity index is 2.22. The van der Waals surface area contributed by atoms with Crippen LogP contribution in [-0.2, 0) is 0 Å². The molecule has 0 radical (unpaired) electrons. The molecule has 0 atom stereocenters. The fourth-order valence-electron chi connectivity index (χ4n) is 1.49. The summed E-state index contributed by atoms with van der Waals surface area (Å²) in [6.07, 6.45) is 1.17. The first kappa shape index (κ1) is 15.2. The molecule has 0 unspecified atom stereocenters. The quantitative estimate of drug-likeness (QED) is 0.845. The topological polar surface area (TPSA) is 79.3 Å². The van der Waals surface area contributed by atoms with Gasteiger partial charge in [0.05, 0.1) is 27.5 Å². The minimum atomic E-state index is -1.18. The van der Waals surface area contributed by atoms with Gasteiger partial charge in [-0.25, -0.2) is 14.2 Å². The predicted octanol–water partition coefficient (Wildman–Crippen LogP) is 3.48. The van der Waals surface area contributed by atoms with Crippen LogP contribution in [0.5, 0.6) is 0 Å². The Morgan fingerprint density at radius 3 is 2.48 bits per heavy atom. The number of halogens is 3. The highest BCUT2D eigenvalue weighted by molar-refractivity contribution is 6.37. The van der Waals surface area contributed by atoms with Crippen molar-refractivity contribution in [3.63, 3.8) is 0 Å². The molecule has 108 valence electrons. The fourth-order valence-corrected chi connectivity index (χ4v) is 1.96. The highest BCUT2D eigenvalue weighted by Crippen LogP contribution is 2.25. The van der Waals surface area contributed by atoms with Gasteiger partial charge >= 0.3 is 5.97 Å². The van der Waals surface area contributed by atoms with Gasteiger partial charge in [-0.1, -0.05) is 23.2 Å². The van der Waals surface area contributed by atoms with Crippen LogP contribution in [0.3, 0.4) is 0 Å². The SMILES string of the molecule is O=C(O)c1ccc(NC(=O)c2cc(F)c(Cl)cc2Cl)cn1. The molecule has 2 rings (SSSR count). The highest BCUT2D eigenvalue weighted by Gasteiger charge is 2.15. The zero-order chi connectivity index (χ0) is 15.6. The molecule has 5 nitrogen and oxygen atoms in total. The summed E-state index contributed by atoms with van der Waals surface area (Å²) < 4.78 is 13.4. The Bertz CT molecular complexity index is 720. The van der Waals surface area contributed by atoms with Crippen LogP contribution in [-0.4, -0.2) is 22.0 Å². The zero-order valence-electron chi connectivity index (χ0n) is 10.2. The van der Waals surface area contributed by atoms with Crippen LogP contribution < -0.4 is 5.32 Å². The minimum absolute atomic E-state index is 0.00554. The maximum atomic E-state index is 13.4. The van der Waals surface area contributed by atoms with Gasteiger partial charge in [0.2, 0.25) is 0 Å². The molecule has 0 bridgehead atoms. The summed E-state index contributed by atoms with van der Waals surface area (Å²) in [7, 11) is 0. The molecule has 0 fully saturated rings. The molecule has 0 aliphatic heterocycles. The first-order chi connectivity index (χ1) is 9.88. The number of carboxylic acids is 1. The summed E-state index contributed by atoms with van der Waals surface area (Å²) in [6.45, 7) is 0. The molecular formula is C13H7Cl2FN2O3. The number of benzene rings is 1. The lowest BCUT2D eigenvalue weighted by molar-refractivity contribution is 0.0690. The number of carbonyl (C=O) groups is 2. The Kier molecular flexibility index (Phi) is 4.40. The second-order valence-corrected chi connectivity index (χ2v) is 4.75. The van der Waals surface area contributed by atoms with Crippen molar-refractivity contribution in [2.24, 2.45) is 0 Å². The average Bonchev–Trinajstić information content (AvgIpc) is 2.43. The van der Waals surface area contributed by atoms with E-state index in [0.29, 0.717) is 0 Å². The number of aromatic nitrogens is 1. The number of hydrogen-bond donors (Lipinski definition) is 2. The molecule has 8 heteroatoms. The van der Waals surface area contributed by atoms with Gasteiger partial charge in [-0.15, -0.1) is 0 Å². The molecule has 2 N–H and O–H groups in total. The Hall–Kier alpha value is -2.18. The van der Waals surface area contributed by atoms with Crippen molar-refractivity contribution < 1.29 is 19.1 Å². The van der Waals surface area contributed by atoms with Crippen molar-refractivity contribution in [2.45, 2.75) is 0 Å². The monoisotopic (exact) mass is 328 g/mol. The van der Waals surface area contributed by atoms with Gasteiger partial charge in [0, 0.05) is 0 Å². The maximum Gasteiger partial charge on any atom is 0.354 e. The fraction of sp³-hybridized carbons (Fsp3) is 0. The standard InChI is InChI=1S/C13H7Cl2FN2O3/c14-8-4-9(15)10(16)3-7(8)12(19)18-6-1-2-11(13(20)21)17-5-6/h1-5H,(H,18,19)(H,20,21).